The maximum absolute atomic E-state index is 12.6. The van der Waals surface area contributed by atoms with Crippen LogP contribution in [0.15, 0.2) is 54.7 Å². The molecule has 11 heteroatoms. The number of nitro benzene ring substituents is 1. The highest BCUT2D eigenvalue weighted by Crippen LogP contribution is 2.28. The normalized spacial score (nSPS) is 11.3. The third kappa shape index (κ3) is 4.72. The molecule has 0 saturated heterocycles. The Kier molecular flexibility index (Phi) is 5.55. The molecule has 2 aromatic carbocycles. The van der Waals surface area contributed by atoms with E-state index in [0.717, 1.165) is 16.8 Å². The Bertz CT molecular complexity index is 1060. The molecule has 0 atom stereocenters. The Labute approximate surface area is 166 Å². The predicted molar refractivity (Wildman–Crippen MR) is 97.8 cm³/mol. The standard InChI is InChI=1S/C18H12ClF3N4O3/c19-15-9-13(26(28)29)5-6-14(15)17(27)23-10-11-1-3-12(4-2-11)25-8-7-16(24-25)18(20,21)22/h1-9H,10H2,(H,23,27). The van der Waals surface area contributed by atoms with Crippen molar-refractivity contribution in [3.05, 3.63) is 86.7 Å². The fraction of sp³-hybridized carbons (Fsp3) is 0.111. The molecule has 0 fully saturated rings. The molecule has 150 valence electrons. The molecular weight excluding hydrogens is 413 g/mol. The lowest BCUT2D eigenvalue weighted by Gasteiger charge is -2.08. The average Bonchev–Trinajstić information content (AvgIpc) is 3.17. The van der Waals surface area contributed by atoms with Crippen LogP contribution in [0.25, 0.3) is 5.69 Å². The van der Waals surface area contributed by atoms with Gasteiger partial charge in [-0.1, -0.05) is 23.7 Å². The van der Waals surface area contributed by atoms with Gasteiger partial charge in [-0.15, -0.1) is 0 Å². The minimum absolute atomic E-state index is 0.0498. The summed E-state index contributed by atoms with van der Waals surface area (Å²) in [6.45, 7) is 0.124. The number of hydrogen-bond acceptors (Lipinski definition) is 4. The first kappa shape index (κ1) is 20.3. The van der Waals surface area contributed by atoms with E-state index in [9.17, 15) is 28.1 Å². The highest BCUT2D eigenvalue weighted by atomic mass is 35.5. The van der Waals surface area contributed by atoms with Crippen LogP contribution in [0.4, 0.5) is 18.9 Å². The van der Waals surface area contributed by atoms with Gasteiger partial charge in [0.15, 0.2) is 5.69 Å². The first-order valence-corrected chi connectivity index (χ1v) is 8.47. The summed E-state index contributed by atoms with van der Waals surface area (Å²) in [6, 6.07) is 10.8. The zero-order valence-electron chi connectivity index (χ0n) is 14.5. The van der Waals surface area contributed by atoms with E-state index in [0.29, 0.717) is 11.3 Å². The first-order chi connectivity index (χ1) is 13.6. The molecule has 0 aliphatic carbocycles. The maximum Gasteiger partial charge on any atom is 0.435 e. The number of benzene rings is 2. The number of non-ortho nitro benzene ring substituents is 1. The monoisotopic (exact) mass is 424 g/mol. The second-order valence-electron chi connectivity index (χ2n) is 5.91. The van der Waals surface area contributed by atoms with E-state index in [1.54, 1.807) is 24.3 Å². The van der Waals surface area contributed by atoms with Crippen LogP contribution in [0.2, 0.25) is 5.02 Å². The van der Waals surface area contributed by atoms with Crippen molar-refractivity contribution < 1.29 is 22.9 Å². The number of rotatable bonds is 5. The molecule has 0 aliphatic heterocycles. The van der Waals surface area contributed by atoms with Crippen molar-refractivity contribution in [2.24, 2.45) is 0 Å². The second-order valence-corrected chi connectivity index (χ2v) is 6.32. The number of hydrogen-bond donors (Lipinski definition) is 1. The molecule has 1 heterocycles. The third-order valence-corrected chi connectivity index (χ3v) is 4.25. The molecule has 0 unspecified atom stereocenters. The zero-order chi connectivity index (χ0) is 21.2. The summed E-state index contributed by atoms with van der Waals surface area (Å²) in [4.78, 5) is 22.3. The third-order valence-electron chi connectivity index (χ3n) is 3.94. The average molecular weight is 425 g/mol. The van der Waals surface area contributed by atoms with Crippen LogP contribution in [0, 0.1) is 10.1 Å². The van der Waals surface area contributed by atoms with E-state index >= 15 is 0 Å². The number of alkyl halides is 3. The Morgan fingerprint density at radius 2 is 1.86 bits per heavy atom. The molecule has 0 spiro atoms. The molecule has 29 heavy (non-hydrogen) atoms. The molecule has 0 bridgehead atoms. The number of nitrogens with one attached hydrogen (secondary N) is 1. The van der Waals surface area contributed by atoms with E-state index < -0.39 is 22.7 Å². The first-order valence-electron chi connectivity index (χ1n) is 8.09. The maximum atomic E-state index is 12.6. The number of carbonyl (C=O) groups excluding carboxylic acids is 1. The molecule has 3 aromatic rings. The number of nitrogens with zero attached hydrogens (tertiary/aromatic N) is 3. The summed E-state index contributed by atoms with van der Waals surface area (Å²) in [6.07, 6.45) is -3.31. The summed E-state index contributed by atoms with van der Waals surface area (Å²) in [5.74, 6) is -0.518. The summed E-state index contributed by atoms with van der Waals surface area (Å²) in [7, 11) is 0. The summed E-state index contributed by atoms with van der Waals surface area (Å²) < 4.78 is 39.0. The topological polar surface area (TPSA) is 90.1 Å². The molecule has 1 N–H and O–H groups in total. The molecule has 0 radical (unpaired) electrons. The number of nitro groups is 1. The van der Waals surface area contributed by atoms with Gasteiger partial charge in [0.1, 0.15) is 0 Å². The summed E-state index contributed by atoms with van der Waals surface area (Å²) >= 11 is 5.92. The molecule has 0 saturated carbocycles. The second kappa shape index (κ2) is 7.92. The molecule has 7 nitrogen and oxygen atoms in total. The van der Waals surface area contributed by atoms with Crippen molar-refractivity contribution >= 4 is 23.2 Å². The lowest BCUT2D eigenvalue weighted by Crippen LogP contribution is -2.23. The SMILES string of the molecule is O=C(NCc1ccc(-n2ccc(C(F)(F)F)n2)cc1)c1ccc([N+](=O)[O-])cc1Cl. The van der Waals surface area contributed by atoms with Gasteiger partial charge >= 0.3 is 6.18 Å². The van der Waals surface area contributed by atoms with Crippen molar-refractivity contribution in [1.29, 1.82) is 0 Å². The minimum Gasteiger partial charge on any atom is -0.348 e. The fourth-order valence-corrected chi connectivity index (χ4v) is 2.73. The van der Waals surface area contributed by atoms with Crippen LogP contribution < -0.4 is 5.32 Å². The number of carbonyl (C=O) groups is 1. The van der Waals surface area contributed by atoms with Gasteiger partial charge in [0, 0.05) is 24.9 Å². The Balaban J connectivity index is 1.65. The van der Waals surface area contributed by atoms with Gasteiger partial charge in [0.2, 0.25) is 0 Å². The fourth-order valence-electron chi connectivity index (χ4n) is 2.46. The number of amides is 1. The Morgan fingerprint density at radius 3 is 2.41 bits per heavy atom. The van der Waals surface area contributed by atoms with E-state index in [-0.39, 0.29) is 22.8 Å². The predicted octanol–water partition coefficient (Wildman–Crippen LogP) is 4.38. The molecule has 1 aromatic heterocycles. The molecular formula is C18H12ClF3N4O3. The Morgan fingerprint density at radius 1 is 1.17 bits per heavy atom. The van der Waals surface area contributed by atoms with E-state index in [2.05, 4.69) is 10.4 Å². The van der Waals surface area contributed by atoms with Crippen LogP contribution in [0.1, 0.15) is 21.6 Å². The van der Waals surface area contributed by atoms with Gasteiger partial charge in [-0.2, -0.15) is 18.3 Å². The quantitative estimate of drug-likeness (QED) is 0.486. The van der Waals surface area contributed by atoms with Crippen molar-refractivity contribution in [3.8, 4) is 5.69 Å². The highest BCUT2D eigenvalue weighted by Gasteiger charge is 2.33. The van der Waals surface area contributed by atoms with Crippen molar-refractivity contribution in [3.63, 3.8) is 0 Å². The van der Waals surface area contributed by atoms with Gasteiger partial charge in [0.25, 0.3) is 11.6 Å². The highest BCUT2D eigenvalue weighted by molar-refractivity contribution is 6.34. The molecule has 0 aliphatic rings. The van der Waals surface area contributed by atoms with Gasteiger partial charge < -0.3 is 5.32 Å². The summed E-state index contributed by atoms with van der Waals surface area (Å²) in [5.41, 5.74) is -0.0225. The van der Waals surface area contributed by atoms with Crippen LogP contribution in [-0.4, -0.2) is 20.6 Å². The molecule has 3 rings (SSSR count). The van der Waals surface area contributed by atoms with Crippen molar-refractivity contribution in [1.82, 2.24) is 15.1 Å². The number of halogens is 4. The Hall–Kier alpha value is -3.40. The van der Waals surface area contributed by atoms with Crippen LogP contribution in [0.3, 0.4) is 0 Å². The van der Waals surface area contributed by atoms with Crippen molar-refractivity contribution in [2.45, 2.75) is 12.7 Å². The lowest BCUT2D eigenvalue weighted by molar-refractivity contribution is -0.384. The van der Waals surface area contributed by atoms with Gasteiger partial charge in [-0.05, 0) is 29.8 Å². The van der Waals surface area contributed by atoms with Gasteiger partial charge in [-0.25, -0.2) is 4.68 Å². The number of aromatic nitrogens is 2. The largest absolute Gasteiger partial charge is 0.435 e. The van der Waals surface area contributed by atoms with E-state index in [1.807, 2.05) is 0 Å². The smallest absolute Gasteiger partial charge is 0.348 e. The minimum atomic E-state index is -4.52. The van der Waals surface area contributed by atoms with Gasteiger partial charge in [0.05, 0.1) is 21.2 Å². The summed E-state index contributed by atoms with van der Waals surface area (Å²) in [5, 5.41) is 16.8. The lowest BCUT2D eigenvalue weighted by atomic mass is 10.1. The van der Waals surface area contributed by atoms with Crippen molar-refractivity contribution in [2.75, 3.05) is 0 Å². The van der Waals surface area contributed by atoms with Gasteiger partial charge in [-0.3, -0.25) is 14.9 Å². The van der Waals surface area contributed by atoms with E-state index in [4.69, 9.17) is 11.6 Å². The zero-order valence-corrected chi connectivity index (χ0v) is 15.2. The van der Waals surface area contributed by atoms with E-state index in [1.165, 1.54) is 18.3 Å². The van der Waals surface area contributed by atoms with Crippen LogP contribution in [-0.2, 0) is 12.7 Å². The van der Waals surface area contributed by atoms with Crippen LogP contribution in [0.5, 0.6) is 0 Å². The van der Waals surface area contributed by atoms with Crippen LogP contribution >= 0.6 is 11.6 Å². The molecule has 1 amide bonds.